The summed E-state index contributed by atoms with van der Waals surface area (Å²) < 4.78 is 52.4. The second kappa shape index (κ2) is 4.05. The van der Waals surface area contributed by atoms with Crippen LogP contribution in [-0.2, 0) is 11.6 Å². The molecule has 0 aromatic heterocycles. The van der Waals surface area contributed by atoms with Crippen LogP contribution >= 0.6 is 11.6 Å². The first-order chi connectivity index (χ1) is 7.46. The van der Waals surface area contributed by atoms with Gasteiger partial charge in [-0.15, -0.1) is 0 Å². The summed E-state index contributed by atoms with van der Waals surface area (Å²) in [7, 11) is 0. The van der Waals surface area contributed by atoms with Gasteiger partial charge in [0.05, 0.1) is 16.3 Å². The molecule has 6 heteroatoms. The fourth-order valence-electron chi connectivity index (χ4n) is 1.63. The number of halogens is 5. The molecule has 0 aliphatic heterocycles. The van der Waals surface area contributed by atoms with Crippen LogP contribution in [0.4, 0.5) is 23.2 Å². The van der Waals surface area contributed by atoms with Crippen LogP contribution in [0.1, 0.15) is 31.9 Å². The molecule has 0 amide bonds. The molecule has 0 saturated heterocycles. The third-order valence-corrected chi connectivity index (χ3v) is 2.58. The van der Waals surface area contributed by atoms with Crippen molar-refractivity contribution in [3.63, 3.8) is 0 Å². The van der Waals surface area contributed by atoms with Crippen LogP contribution in [0.25, 0.3) is 0 Å². The van der Waals surface area contributed by atoms with Gasteiger partial charge < -0.3 is 5.73 Å². The van der Waals surface area contributed by atoms with Gasteiger partial charge in [0.15, 0.2) is 5.82 Å². The van der Waals surface area contributed by atoms with Crippen LogP contribution in [0.3, 0.4) is 0 Å². The van der Waals surface area contributed by atoms with Crippen LogP contribution in [0.2, 0.25) is 5.02 Å². The van der Waals surface area contributed by atoms with Crippen LogP contribution < -0.4 is 5.73 Å². The van der Waals surface area contributed by atoms with Gasteiger partial charge in [0, 0.05) is 5.56 Å². The summed E-state index contributed by atoms with van der Waals surface area (Å²) in [4.78, 5) is 0. The number of anilines is 1. The lowest BCUT2D eigenvalue weighted by molar-refractivity contribution is -0.138. The zero-order chi connectivity index (χ0) is 13.6. The topological polar surface area (TPSA) is 26.0 Å². The summed E-state index contributed by atoms with van der Waals surface area (Å²) in [6.07, 6.45) is -4.71. The molecule has 0 aliphatic carbocycles. The van der Waals surface area contributed by atoms with Crippen LogP contribution in [0.15, 0.2) is 6.07 Å². The average molecular weight is 270 g/mol. The Kier molecular flexibility index (Phi) is 3.36. The average Bonchev–Trinajstić information content (AvgIpc) is 2.06. The Hall–Kier alpha value is -0.970. The second-order valence-corrected chi connectivity index (χ2v) is 5.17. The van der Waals surface area contributed by atoms with Crippen molar-refractivity contribution < 1.29 is 17.6 Å². The van der Waals surface area contributed by atoms with Gasteiger partial charge in [-0.2, -0.15) is 13.2 Å². The maximum atomic E-state index is 13.8. The zero-order valence-corrected chi connectivity index (χ0v) is 10.3. The Balaban J connectivity index is 3.76. The molecule has 0 fully saturated rings. The molecular weight excluding hydrogens is 258 g/mol. The van der Waals surface area contributed by atoms with Gasteiger partial charge in [0.1, 0.15) is 0 Å². The zero-order valence-electron chi connectivity index (χ0n) is 9.54. The van der Waals surface area contributed by atoms with Crippen molar-refractivity contribution in [2.45, 2.75) is 32.4 Å². The number of alkyl halides is 3. The molecule has 96 valence electrons. The molecule has 0 unspecified atom stereocenters. The third kappa shape index (κ3) is 2.65. The van der Waals surface area contributed by atoms with E-state index in [0.29, 0.717) is 0 Å². The van der Waals surface area contributed by atoms with E-state index >= 15 is 0 Å². The molecule has 0 spiro atoms. The van der Waals surface area contributed by atoms with Gasteiger partial charge in [-0.3, -0.25) is 0 Å². The van der Waals surface area contributed by atoms with Crippen molar-refractivity contribution in [3.05, 3.63) is 28.0 Å². The van der Waals surface area contributed by atoms with E-state index in [9.17, 15) is 17.6 Å². The van der Waals surface area contributed by atoms with Gasteiger partial charge in [0.25, 0.3) is 0 Å². The van der Waals surface area contributed by atoms with Gasteiger partial charge in [0.2, 0.25) is 0 Å². The smallest absolute Gasteiger partial charge is 0.396 e. The quantitative estimate of drug-likeness (QED) is 0.549. The lowest BCUT2D eigenvalue weighted by Gasteiger charge is -2.26. The largest absolute Gasteiger partial charge is 0.418 e. The van der Waals surface area contributed by atoms with E-state index in [-0.39, 0.29) is 5.69 Å². The van der Waals surface area contributed by atoms with Crippen LogP contribution in [-0.4, -0.2) is 0 Å². The second-order valence-electron chi connectivity index (χ2n) is 4.76. The van der Waals surface area contributed by atoms with Crippen molar-refractivity contribution in [2.75, 3.05) is 5.73 Å². The Morgan fingerprint density at radius 2 is 1.59 bits per heavy atom. The lowest BCUT2D eigenvalue weighted by Crippen LogP contribution is -2.23. The van der Waals surface area contributed by atoms with Gasteiger partial charge in [-0.1, -0.05) is 32.4 Å². The highest BCUT2D eigenvalue weighted by Crippen LogP contribution is 2.44. The normalized spacial score (nSPS) is 12.9. The van der Waals surface area contributed by atoms with Gasteiger partial charge in [-0.05, 0) is 11.5 Å². The predicted molar refractivity (Wildman–Crippen MR) is 59.5 cm³/mol. The number of nitrogens with two attached hydrogens (primary N) is 1. The standard InChI is InChI=1S/C11H12ClF4N/c1-10(2,3)8-7(11(14,15)16)5(12)4-6(17)9(8)13/h4H,17H2,1-3H3. The number of nitrogen functional groups attached to an aromatic ring is 1. The van der Waals surface area contributed by atoms with Crippen molar-refractivity contribution in [2.24, 2.45) is 0 Å². The third-order valence-electron chi connectivity index (χ3n) is 2.28. The number of benzene rings is 1. The maximum Gasteiger partial charge on any atom is 0.418 e. The first-order valence-corrected chi connectivity index (χ1v) is 5.19. The molecule has 1 rings (SSSR count). The van der Waals surface area contributed by atoms with Crippen LogP contribution in [0.5, 0.6) is 0 Å². The SMILES string of the molecule is CC(C)(C)c1c(F)c(N)cc(Cl)c1C(F)(F)F. The first-order valence-electron chi connectivity index (χ1n) is 4.81. The molecule has 2 N–H and O–H groups in total. The highest BCUT2D eigenvalue weighted by molar-refractivity contribution is 6.31. The summed E-state index contributed by atoms with van der Waals surface area (Å²) >= 11 is 5.53. The predicted octanol–water partition coefficient (Wildman–Crippen LogP) is 4.38. The Labute approximate surface area is 102 Å². The summed E-state index contributed by atoms with van der Waals surface area (Å²) in [5.41, 5.74) is 2.22. The first kappa shape index (κ1) is 14.1. The molecule has 17 heavy (non-hydrogen) atoms. The fraction of sp³-hybridized carbons (Fsp3) is 0.455. The fourth-order valence-corrected chi connectivity index (χ4v) is 1.95. The molecule has 1 aromatic rings. The molecule has 1 nitrogen and oxygen atoms in total. The summed E-state index contributed by atoms with van der Waals surface area (Å²) in [5.74, 6) is -1.06. The Morgan fingerprint density at radius 1 is 1.12 bits per heavy atom. The van der Waals surface area contributed by atoms with E-state index in [1.807, 2.05) is 0 Å². The van der Waals surface area contributed by atoms with Crippen molar-refractivity contribution in [1.82, 2.24) is 0 Å². The minimum atomic E-state index is -4.71. The Bertz CT molecular complexity index is 446. The number of hydrogen-bond donors (Lipinski definition) is 1. The monoisotopic (exact) mass is 269 g/mol. The summed E-state index contributed by atoms with van der Waals surface area (Å²) in [5, 5.41) is -0.582. The number of rotatable bonds is 0. The van der Waals surface area contributed by atoms with E-state index in [1.165, 1.54) is 20.8 Å². The summed E-state index contributed by atoms with van der Waals surface area (Å²) in [6.45, 7) is 4.41. The Morgan fingerprint density at radius 3 is 1.94 bits per heavy atom. The minimum absolute atomic E-state index is 0.382. The maximum absolute atomic E-state index is 13.8. The van der Waals surface area contributed by atoms with Gasteiger partial charge in [-0.25, -0.2) is 4.39 Å². The van der Waals surface area contributed by atoms with Crippen molar-refractivity contribution in [1.29, 1.82) is 0 Å². The molecular formula is C11H12ClF4N. The van der Waals surface area contributed by atoms with E-state index in [1.54, 1.807) is 0 Å². The number of hydrogen-bond acceptors (Lipinski definition) is 1. The van der Waals surface area contributed by atoms with E-state index in [0.717, 1.165) is 6.07 Å². The molecule has 1 aromatic carbocycles. The molecule has 0 saturated carbocycles. The lowest BCUT2D eigenvalue weighted by atomic mass is 9.82. The van der Waals surface area contributed by atoms with E-state index in [2.05, 4.69) is 0 Å². The van der Waals surface area contributed by atoms with E-state index < -0.39 is 33.6 Å². The van der Waals surface area contributed by atoms with Crippen molar-refractivity contribution in [3.8, 4) is 0 Å². The molecule has 0 aliphatic rings. The van der Waals surface area contributed by atoms with E-state index in [4.69, 9.17) is 17.3 Å². The van der Waals surface area contributed by atoms with Crippen molar-refractivity contribution >= 4 is 17.3 Å². The summed E-state index contributed by atoms with van der Waals surface area (Å²) in [6, 6.07) is 0.787. The molecule has 0 atom stereocenters. The van der Waals surface area contributed by atoms with Crippen LogP contribution in [0, 0.1) is 5.82 Å². The molecule has 0 bridgehead atoms. The highest BCUT2D eigenvalue weighted by atomic mass is 35.5. The highest BCUT2D eigenvalue weighted by Gasteiger charge is 2.41. The minimum Gasteiger partial charge on any atom is -0.396 e. The van der Waals surface area contributed by atoms with Gasteiger partial charge >= 0.3 is 6.18 Å². The molecule has 0 radical (unpaired) electrons. The molecule has 0 heterocycles.